The van der Waals surface area contributed by atoms with E-state index in [0.717, 1.165) is 7.11 Å². The first-order valence-electron chi connectivity index (χ1n) is 4.60. The van der Waals surface area contributed by atoms with Crippen LogP contribution in [0.25, 0.3) is 0 Å². The number of nitrogens with zero attached hydrogens (tertiary/aromatic N) is 1. The van der Waals surface area contributed by atoms with Gasteiger partial charge in [-0.25, -0.2) is 9.78 Å². The molecule has 0 radical (unpaired) electrons. The predicted molar refractivity (Wildman–Crippen MR) is 49.4 cm³/mol. The fraction of sp³-hybridized carbons (Fsp3) is 0.333. The number of carbonyl (C=O) groups is 1. The molecule has 0 unspecified atom stereocenters. The van der Waals surface area contributed by atoms with Crippen LogP contribution in [0.1, 0.15) is 15.9 Å². The Kier molecular flexibility index (Phi) is 4.01. The highest BCUT2D eigenvalue weighted by Crippen LogP contribution is 2.42. The lowest BCUT2D eigenvalue weighted by Gasteiger charge is -2.17. The van der Waals surface area contributed by atoms with Gasteiger partial charge in [0, 0.05) is 0 Å². The summed E-state index contributed by atoms with van der Waals surface area (Å²) in [6.07, 6.45) is -10.4. The molecule has 1 aromatic rings. The molecule has 1 rings (SSSR count). The number of aromatic carboxylic acids is 1. The maximum absolute atomic E-state index is 12.8. The smallest absolute Gasteiger partial charge is 0.494 e. The van der Waals surface area contributed by atoms with Gasteiger partial charge >= 0.3 is 18.5 Å². The first-order chi connectivity index (χ1) is 8.97. The summed E-state index contributed by atoms with van der Waals surface area (Å²) in [5, 5.41) is 8.68. The van der Waals surface area contributed by atoms with Crippen molar-refractivity contribution in [1.29, 1.82) is 0 Å². The standard InChI is InChI=1S/C9H5F6NO4/c1-19-3-2-16-6(20-9(13,14)15)4(7(17)18)5(3)8(10,11)12/h2H,1H3,(H,17,18). The number of rotatable bonds is 3. The number of carboxylic acids is 1. The van der Waals surface area contributed by atoms with Crippen molar-refractivity contribution < 1.29 is 45.7 Å². The molecule has 1 aromatic heterocycles. The van der Waals surface area contributed by atoms with Crippen LogP contribution in [-0.2, 0) is 6.18 Å². The first-order valence-corrected chi connectivity index (χ1v) is 4.60. The van der Waals surface area contributed by atoms with Crippen molar-refractivity contribution in [3.63, 3.8) is 0 Å². The highest BCUT2D eigenvalue weighted by atomic mass is 19.4. The van der Waals surface area contributed by atoms with Gasteiger partial charge in [-0.3, -0.25) is 0 Å². The third-order valence-electron chi connectivity index (χ3n) is 1.94. The Bertz CT molecular complexity index is 524. The van der Waals surface area contributed by atoms with Crippen LogP contribution >= 0.6 is 0 Å². The van der Waals surface area contributed by atoms with E-state index >= 15 is 0 Å². The molecule has 20 heavy (non-hydrogen) atoms. The van der Waals surface area contributed by atoms with E-state index in [9.17, 15) is 31.1 Å². The molecule has 0 spiro atoms. The second-order valence-electron chi connectivity index (χ2n) is 3.23. The molecule has 0 atom stereocenters. The van der Waals surface area contributed by atoms with Crippen LogP contribution in [0.3, 0.4) is 0 Å². The fourth-order valence-electron chi connectivity index (χ4n) is 1.30. The molecule has 0 aliphatic carbocycles. The quantitative estimate of drug-likeness (QED) is 0.870. The molecule has 0 fully saturated rings. The Morgan fingerprint density at radius 2 is 1.80 bits per heavy atom. The zero-order valence-corrected chi connectivity index (χ0v) is 9.46. The van der Waals surface area contributed by atoms with E-state index in [1.165, 1.54) is 0 Å². The van der Waals surface area contributed by atoms with Crippen molar-refractivity contribution in [2.45, 2.75) is 12.5 Å². The van der Waals surface area contributed by atoms with Gasteiger partial charge in [-0.15, -0.1) is 13.2 Å². The van der Waals surface area contributed by atoms with E-state index < -0.39 is 41.3 Å². The van der Waals surface area contributed by atoms with Crippen molar-refractivity contribution in [3.05, 3.63) is 17.3 Å². The minimum absolute atomic E-state index is 0.288. The highest BCUT2D eigenvalue weighted by Gasteiger charge is 2.43. The number of hydrogen-bond donors (Lipinski definition) is 1. The summed E-state index contributed by atoms with van der Waals surface area (Å²) < 4.78 is 81.8. The number of methoxy groups -OCH3 is 1. The third-order valence-corrected chi connectivity index (χ3v) is 1.94. The van der Waals surface area contributed by atoms with Crippen molar-refractivity contribution in [3.8, 4) is 11.6 Å². The number of hydrogen-bond acceptors (Lipinski definition) is 4. The average Bonchev–Trinajstić information content (AvgIpc) is 2.24. The zero-order valence-electron chi connectivity index (χ0n) is 9.46. The number of halogens is 6. The molecule has 0 aliphatic rings. The van der Waals surface area contributed by atoms with Crippen LogP contribution in [0.4, 0.5) is 26.3 Å². The monoisotopic (exact) mass is 305 g/mol. The minimum Gasteiger partial charge on any atom is -0.494 e. The van der Waals surface area contributed by atoms with Crippen molar-refractivity contribution in [2.24, 2.45) is 0 Å². The Morgan fingerprint density at radius 1 is 1.25 bits per heavy atom. The van der Waals surface area contributed by atoms with Gasteiger partial charge < -0.3 is 14.6 Å². The van der Waals surface area contributed by atoms with Crippen LogP contribution in [0.5, 0.6) is 11.6 Å². The lowest BCUT2D eigenvalue weighted by molar-refractivity contribution is -0.276. The van der Waals surface area contributed by atoms with Crippen LogP contribution < -0.4 is 9.47 Å². The average molecular weight is 305 g/mol. The Hall–Kier alpha value is -2.20. The first kappa shape index (κ1) is 15.9. The Morgan fingerprint density at radius 3 is 2.15 bits per heavy atom. The van der Waals surface area contributed by atoms with Crippen LogP contribution in [0, 0.1) is 0 Å². The van der Waals surface area contributed by atoms with Gasteiger partial charge in [-0.2, -0.15) is 13.2 Å². The van der Waals surface area contributed by atoms with Crippen molar-refractivity contribution >= 4 is 5.97 Å². The summed E-state index contributed by atoms with van der Waals surface area (Å²) in [7, 11) is 0.780. The number of pyridine rings is 1. The summed E-state index contributed by atoms with van der Waals surface area (Å²) in [4.78, 5) is 13.7. The third kappa shape index (κ3) is 3.42. The van der Waals surface area contributed by atoms with Gasteiger partial charge in [0.1, 0.15) is 11.1 Å². The van der Waals surface area contributed by atoms with Gasteiger partial charge in [-0.1, -0.05) is 0 Å². The van der Waals surface area contributed by atoms with E-state index in [1.807, 2.05) is 0 Å². The molecule has 0 aliphatic heterocycles. The minimum atomic E-state index is -5.39. The molecule has 0 aromatic carbocycles. The number of alkyl halides is 6. The van der Waals surface area contributed by atoms with E-state index in [2.05, 4.69) is 14.5 Å². The van der Waals surface area contributed by atoms with Gasteiger partial charge in [0.15, 0.2) is 5.75 Å². The second kappa shape index (κ2) is 5.06. The van der Waals surface area contributed by atoms with E-state index in [1.54, 1.807) is 0 Å². The van der Waals surface area contributed by atoms with Crippen molar-refractivity contribution in [2.75, 3.05) is 7.11 Å². The second-order valence-corrected chi connectivity index (χ2v) is 3.23. The summed E-state index contributed by atoms with van der Waals surface area (Å²) in [6, 6.07) is 0. The van der Waals surface area contributed by atoms with Crippen LogP contribution in [0.2, 0.25) is 0 Å². The highest BCUT2D eigenvalue weighted by molar-refractivity contribution is 5.93. The molecule has 11 heteroatoms. The maximum atomic E-state index is 12.8. The van der Waals surface area contributed by atoms with E-state index in [0.29, 0.717) is 0 Å². The van der Waals surface area contributed by atoms with Gasteiger partial charge in [-0.05, 0) is 0 Å². The molecule has 0 amide bonds. The maximum Gasteiger partial charge on any atom is 0.574 e. The number of ether oxygens (including phenoxy) is 2. The normalized spacial score (nSPS) is 12.2. The molecule has 0 saturated heterocycles. The SMILES string of the molecule is COc1cnc(OC(F)(F)F)c(C(=O)O)c1C(F)(F)F. The van der Waals surface area contributed by atoms with Crippen LogP contribution in [0.15, 0.2) is 6.20 Å². The van der Waals surface area contributed by atoms with E-state index in [4.69, 9.17) is 5.11 Å². The zero-order chi connectivity index (χ0) is 15.7. The van der Waals surface area contributed by atoms with E-state index in [-0.39, 0.29) is 6.20 Å². The van der Waals surface area contributed by atoms with Crippen molar-refractivity contribution in [1.82, 2.24) is 4.98 Å². The molecule has 1 N–H and O–H groups in total. The van der Waals surface area contributed by atoms with Gasteiger partial charge in [0.05, 0.1) is 13.3 Å². The molecule has 112 valence electrons. The summed E-state index contributed by atoms with van der Waals surface area (Å²) in [6.45, 7) is 0. The predicted octanol–water partition coefficient (Wildman–Crippen LogP) is 2.71. The lowest BCUT2D eigenvalue weighted by Crippen LogP contribution is -2.23. The molecule has 1 heterocycles. The topological polar surface area (TPSA) is 68.7 Å². The summed E-state index contributed by atoms with van der Waals surface area (Å²) >= 11 is 0. The molecular weight excluding hydrogens is 300 g/mol. The largest absolute Gasteiger partial charge is 0.574 e. The Balaban J connectivity index is 3.61. The Labute approximate surface area is 106 Å². The number of aromatic nitrogens is 1. The number of carboxylic acid groups (broad SMARTS) is 1. The lowest BCUT2D eigenvalue weighted by atomic mass is 10.1. The summed E-state index contributed by atoms with van der Waals surface area (Å²) in [5.41, 5.74) is -3.70. The molecule has 5 nitrogen and oxygen atoms in total. The molecular formula is C9H5F6NO4. The fourth-order valence-corrected chi connectivity index (χ4v) is 1.30. The summed E-state index contributed by atoms with van der Waals surface area (Å²) in [5.74, 6) is -5.05. The molecule has 0 bridgehead atoms. The van der Waals surface area contributed by atoms with Gasteiger partial charge in [0.25, 0.3) is 0 Å². The van der Waals surface area contributed by atoms with Crippen LogP contribution in [-0.4, -0.2) is 29.5 Å². The van der Waals surface area contributed by atoms with Gasteiger partial charge in [0.2, 0.25) is 5.88 Å². The molecule has 0 saturated carbocycles.